The Kier molecular flexibility index (Phi) is 8.90. The van der Waals surface area contributed by atoms with E-state index in [1.54, 1.807) is 0 Å². The summed E-state index contributed by atoms with van der Waals surface area (Å²) in [6.07, 6.45) is 4.42. The molecule has 0 aromatic heterocycles. The Balaban J connectivity index is 3.89. The molecule has 3 nitrogen and oxygen atoms in total. The van der Waals surface area contributed by atoms with Crippen molar-refractivity contribution in [1.29, 1.82) is 0 Å². The van der Waals surface area contributed by atoms with E-state index in [9.17, 15) is 5.11 Å². The van der Waals surface area contributed by atoms with Gasteiger partial charge in [0.1, 0.15) is 0 Å². The van der Waals surface area contributed by atoms with Gasteiger partial charge in [-0.25, -0.2) is 0 Å². The first-order valence-electron chi connectivity index (χ1n) is 6.55. The fraction of sp³-hybridized carbons (Fsp3) is 1.00. The smallest absolute Gasteiger partial charge is 0.0611 e. The molecule has 0 aliphatic rings. The van der Waals surface area contributed by atoms with Crippen molar-refractivity contribution in [3.8, 4) is 0 Å². The average molecular weight is 231 g/mol. The molecule has 0 saturated carbocycles. The predicted octanol–water partition coefficient (Wildman–Crippen LogP) is 2.33. The lowest BCUT2D eigenvalue weighted by molar-refractivity contribution is 0.0269. The molecule has 0 bridgehead atoms. The first kappa shape index (κ1) is 15.9. The number of hydrogen-bond donors (Lipinski definition) is 2. The van der Waals surface area contributed by atoms with Gasteiger partial charge in [-0.05, 0) is 39.7 Å². The molecule has 0 aromatic carbocycles. The lowest BCUT2D eigenvalue weighted by atomic mass is 9.95. The maximum absolute atomic E-state index is 9.41. The van der Waals surface area contributed by atoms with Gasteiger partial charge in [-0.15, -0.1) is 0 Å². The van der Waals surface area contributed by atoms with Gasteiger partial charge in [0.25, 0.3) is 0 Å². The Bertz CT molecular complexity index is 164. The van der Waals surface area contributed by atoms with Gasteiger partial charge in [-0.2, -0.15) is 0 Å². The van der Waals surface area contributed by atoms with Crippen LogP contribution in [0.15, 0.2) is 0 Å². The van der Waals surface area contributed by atoms with E-state index in [1.807, 2.05) is 0 Å². The summed E-state index contributed by atoms with van der Waals surface area (Å²) in [4.78, 5) is 0. The third-order valence-electron chi connectivity index (χ3n) is 2.79. The summed E-state index contributed by atoms with van der Waals surface area (Å²) in [5.74, 6) is 0. The molecule has 0 rings (SSSR count). The highest BCUT2D eigenvalue weighted by Gasteiger charge is 2.25. The fourth-order valence-electron chi connectivity index (χ4n) is 1.74. The third-order valence-corrected chi connectivity index (χ3v) is 2.79. The molecule has 2 atom stereocenters. The third kappa shape index (κ3) is 7.20. The van der Waals surface area contributed by atoms with Crippen LogP contribution in [0.5, 0.6) is 0 Å². The molecule has 0 radical (unpaired) electrons. The summed E-state index contributed by atoms with van der Waals surface area (Å²) in [5.41, 5.74) is -0.207. The van der Waals surface area contributed by atoms with Crippen molar-refractivity contribution in [2.75, 3.05) is 19.8 Å². The van der Waals surface area contributed by atoms with Crippen molar-refractivity contribution in [1.82, 2.24) is 5.32 Å². The van der Waals surface area contributed by atoms with Gasteiger partial charge >= 0.3 is 0 Å². The van der Waals surface area contributed by atoms with E-state index in [2.05, 4.69) is 33.0 Å². The average Bonchev–Trinajstić information content (AvgIpc) is 2.27. The van der Waals surface area contributed by atoms with E-state index in [0.29, 0.717) is 0 Å². The van der Waals surface area contributed by atoms with Crippen molar-refractivity contribution < 1.29 is 9.84 Å². The van der Waals surface area contributed by atoms with Crippen molar-refractivity contribution in [3.05, 3.63) is 0 Å². The van der Waals surface area contributed by atoms with E-state index in [4.69, 9.17) is 4.74 Å². The Morgan fingerprint density at radius 3 is 2.50 bits per heavy atom. The fourth-order valence-corrected chi connectivity index (χ4v) is 1.74. The second-order valence-corrected chi connectivity index (χ2v) is 4.88. The first-order valence-corrected chi connectivity index (χ1v) is 6.55. The Morgan fingerprint density at radius 1 is 1.31 bits per heavy atom. The van der Waals surface area contributed by atoms with Crippen LogP contribution in [0, 0.1) is 0 Å². The maximum Gasteiger partial charge on any atom is 0.0611 e. The van der Waals surface area contributed by atoms with Crippen LogP contribution in [0.3, 0.4) is 0 Å². The zero-order chi connectivity index (χ0) is 12.4. The van der Waals surface area contributed by atoms with Gasteiger partial charge < -0.3 is 15.2 Å². The van der Waals surface area contributed by atoms with Gasteiger partial charge in [0.05, 0.1) is 12.7 Å². The topological polar surface area (TPSA) is 41.5 Å². The second-order valence-electron chi connectivity index (χ2n) is 4.88. The normalized spacial score (nSPS) is 17.1. The highest BCUT2D eigenvalue weighted by atomic mass is 16.5. The summed E-state index contributed by atoms with van der Waals surface area (Å²) in [5, 5.41) is 12.8. The van der Waals surface area contributed by atoms with Gasteiger partial charge in [0.2, 0.25) is 0 Å². The number of hydrogen-bond acceptors (Lipinski definition) is 3. The zero-order valence-corrected chi connectivity index (χ0v) is 11.4. The Hall–Kier alpha value is -0.120. The zero-order valence-electron chi connectivity index (χ0n) is 11.4. The highest BCUT2D eigenvalue weighted by molar-refractivity contribution is 4.84. The first-order chi connectivity index (χ1) is 7.58. The molecule has 0 amide bonds. The summed E-state index contributed by atoms with van der Waals surface area (Å²) in [6, 6.07) is 0. The molecule has 0 spiro atoms. The lowest BCUT2D eigenvalue weighted by Crippen LogP contribution is -2.48. The monoisotopic (exact) mass is 231 g/mol. The standard InChI is InChI=1S/C13H29NO2/c1-5-7-9-16-12(3)10-13(4,11-15)14-8-6-2/h12,14-15H,5-11H2,1-4H3. The van der Waals surface area contributed by atoms with Crippen LogP contribution < -0.4 is 5.32 Å². The number of ether oxygens (including phenoxy) is 1. The van der Waals surface area contributed by atoms with E-state index in [-0.39, 0.29) is 18.2 Å². The molecule has 0 aliphatic carbocycles. The molecule has 0 aromatic rings. The SMILES string of the molecule is CCCCOC(C)CC(C)(CO)NCCC. The van der Waals surface area contributed by atoms with Crippen LogP contribution >= 0.6 is 0 Å². The van der Waals surface area contributed by atoms with Crippen LogP contribution in [0.4, 0.5) is 0 Å². The number of rotatable bonds is 10. The van der Waals surface area contributed by atoms with Crippen LogP contribution in [-0.4, -0.2) is 36.5 Å². The van der Waals surface area contributed by atoms with Crippen molar-refractivity contribution in [3.63, 3.8) is 0 Å². The van der Waals surface area contributed by atoms with E-state index < -0.39 is 0 Å². The van der Waals surface area contributed by atoms with Crippen LogP contribution in [0.1, 0.15) is 53.4 Å². The molecule has 16 heavy (non-hydrogen) atoms. The number of unbranched alkanes of at least 4 members (excludes halogenated alkanes) is 1. The van der Waals surface area contributed by atoms with Gasteiger partial charge in [0, 0.05) is 12.1 Å². The van der Waals surface area contributed by atoms with Crippen LogP contribution in [0.2, 0.25) is 0 Å². The molecule has 0 fully saturated rings. The summed E-state index contributed by atoms with van der Waals surface area (Å²) in [7, 11) is 0. The minimum absolute atomic E-state index is 0.161. The molecule has 0 saturated heterocycles. The van der Waals surface area contributed by atoms with Crippen molar-refractivity contribution >= 4 is 0 Å². The van der Waals surface area contributed by atoms with Crippen LogP contribution in [-0.2, 0) is 4.74 Å². The highest BCUT2D eigenvalue weighted by Crippen LogP contribution is 2.14. The molecule has 3 heteroatoms. The molecular formula is C13H29NO2. The number of aliphatic hydroxyl groups is 1. The summed E-state index contributed by atoms with van der Waals surface area (Å²) >= 11 is 0. The quantitative estimate of drug-likeness (QED) is 0.567. The molecule has 2 unspecified atom stereocenters. The maximum atomic E-state index is 9.41. The Labute approximate surface area is 101 Å². The lowest BCUT2D eigenvalue weighted by Gasteiger charge is -2.31. The molecule has 0 heterocycles. The van der Waals surface area contributed by atoms with Gasteiger partial charge in [0.15, 0.2) is 0 Å². The molecule has 98 valence electrons. The number of nitrogens with one attached hydrogen (secondary N) is 1. The van der Waals surface area contributed by atoms with Gasteiger partial charge in [-0.3, -0.25) is 0 Å². The molecular weight excluding hydrogens is 202 g/mol. The second kappa shape index (κ2) is 8.97. The summed E-state index contributed by atoms with van der Waals surface area (Å²) < 4.78 is 5.71. The van der Waals surface area contributed by atoms with Gasteiger partial charge in [-0.1, -0.05) is 20.3 Å². The van der Waals surface area contributed by atoms with E-state index in [1.165, 1.54) is 0 Å². The molecule has 0 aliphatic heterocycles. The predicted molar refractivity (Wildman–Crippen MR) is 68.7 cm³/mol. The van der Waals surface area contributed by atoms with E-state index >= 15 is 0 Å². The van der Waals surface area contributed by atoms with Crippen LogP contribution in [0.25, 0.3) is 0 Å². The van der Waals surface area contributed by atoms with Crippen molar-refractivity contribution in [2.24, 2.45) is 0 Å². The Morgan fingerprint density at radius 2 is 2.00 bits per heavy atom. The number of aliphatic hydroxyl groups excluding tert-OH is 1. The van der Waals surface area contributed by atoms with E-state index in [0.717, 1.165) is 38.8 Å². The summed E-state index contributed by atoms with van der Waals surface area (Å²) in [6.45, 7) is 10.4. The van der Waals surface area contributed by atoms with Crippen molar-refractivity contribution in [2.45, 2.75) is 65.0 Å². The minimum Gasteiger partial charge on any atom is -0.394 e. The molecule has 2 N–H and O–H groups in total. The minimum atomic E-state index is -0.207. The largest absolute Gasteiger partial charge is 0.394 e.